The van der Waals surface area contributed by atoms with Gasteiger partial charge in [-0.05, 0) is 50.3 Å². The van der Waals surface area contributed by atoms with Crippen molar-refractivity contribution in [1.82, 2.24) is 4.90 Å². The molecule has 1 aliphatic carbocycles. The number of rotatable bonds is 3. The molecule has 1 saturated carbocycles. The van der Waals surface area contributed by atoms with Crippen molar-refractivity contribution in [3.8, 4) is 0 Å². The average Bonchev–Trinajstić information content (AvgIpc) is 3.24. The molecule has 3 heteroatoms. The molecule has 0 amide bonds. The SMILES string of the molecule is c1ccc(C(C2CCC3(CC2)OCCO3)N2CCCC2)cc1. The van der Waals surface area contributed by atoms with Crippen molar-refractivity contribution < 1.29 is 9.47 Å². The molecule has 3 fully saturated rings. The van der Waals surface area contributed by atoms with Gasteiger partial charge in [0.2, 0.25) is 0 Å². The van der Waals surface area contributed by atoms with E-state index in [0.29, 0.717) is 6.04 Å². The van der Waals surface area contributed by atoms with E-state index in [0.717, 1.165) is 32.0 Å². The summed E-state index contributed by atoms with van der Waals surface area (Å²) in [7, 11) is 0. The first kappa shape index (κ1) is 14.7. The zero-order valence-electron chi connectivity index (χ0n) is 13.4. The zero-order valence-corrected chi connectivity index (χ0v) is 13.4. The first-order valence-electron chi connectivity index (χ1n) is 8.93. The molecular weight excluding hydrogens is 274 g/mol. The first-order valence-corrected chi connectivity index (χ1v) is 8.93. The number of hydrogen-bond donors (Lipinski definition) is 0. The quantitative estimate of drug-likeness (QED) is 0.848. The minimum Gasteiger partial charge on any atom is -0.348 e. The van der Waals surface area contributed by atoms with Crippen LogP contribution in [0.25, 0.3) is 0 Å². The van der Waals surface area contributed by atoms with Crippen molar-refractivity contribution in [1.29, 1.82) is 0 Å². The van der Waals surface area contributed by atoms with Crippen LogP contribution in [0.1, 0.15) is 50.1 Å². The smallest absolute Gasteiger partial charge is 0.168 e. The molecule has 1 spiro atoms. The lowest BCUT2D eigenvalue weighted by Gasteiger charge is -2.41. The second kappa shape index (κ2) is 6.31. The van der Waals surface area contributed by atoms with E-state index in [4.69, 9.17) is 9.47 Å². The van der Waals surface area contributed by atoms with Gasteiger partial charge in [0.1, 0.15) is 0 Å². The highest BCUT2D eigenvalue weighted by Gasteiger charge is 2.43. The number of benzene rings is 1. The summed E-state index contributed by atoms with van der Waals surface area (Å²) in [6.45, 7) is 4.07. The average molecular weight is 301 g/mol. The molecule has 3 aliphatic rings. The highest BCUT2D eigenvalue weighted by molar-refractivity contribution is 5.20. The Labute approximate surface area is 133 Å². The van der Waals surface area contributed by atoms with Crippen LogP contribution in [0.3, 0.4) is 0 Å². The van der Waals surface area contributed by atoms with Gasteiger partial charge in [0.05, 0.1) is 13.2 Å². The monoisotopic (exact) mass is 301 g/mol. The summed E-state index contributed by atoms with van der Waals surface area (Å²) in [5, 5.41) is 0. The van der Waals surface area contributed by atoms with Crippen molar-refractivity contribution in [3.05, 3.63) is 35.9 Å². The summed E-state index contributed by atoms with van der Waals surface area (Å²) >= 11 is 0. The molecule has 0 radical (unpaired) electrons. The van der Waals surface area contributed by atoms with Crippen LogP contribution in [-0.2, 0) is 9.47 Å². The van der Waals surface area contributed by atoms with Crippen LogP contribution >= 0.6 is 0 Å². The van der Waals surface area contributed by atoms with Crippen LogP contribution in [-0.4, -0.2) is 37.0 Å². The fourth-order valence-electron chi connectivity index (χ4n) is 4.63. The van der Waals surface area contributed by atoms with E-state index < -0.39 is 0 Å². The number of ether oxygens (including phenoxy) is 2. The summed E-state index contributed by atoms with van der Waals surface area (Å²) < 4.78 is 11.8. The molecule has 0 N–H and O–H groups in total. The van der Waals surface area contributed by atoms with E-state index in [9.17, 15) is 0 Å². The second-order valence-corrected chi connectivity index (χ2v) is 7.04. The van der Waals surface area contributed by atoms with Crippen molar-refractivity contribution in [2.24, 2.45) is 5.92 Å². The van der Waals surface area contributed by atoms with E-state index in [-0.39, 0.29) is 5.79 Å². The fraction of sp³-hybridized carbons (Fsp3) is 0.684. The molecular formula is C19H27NO2. The minimum atomic E-state index is -0.233. The van der Waals surface area contributed by atoms with Gasteiger partial charge >= 0.3 is 0 Å². The lowest BCUT2D eigenvalue weighted by molar-refractivity contribution is -0.185. The molecule has 4 rings (SSSR count). The molecule has 1 unspecified atom stereocenters. The predicted octanol–water partition coefficient (Wildman–Crippen LogP) is 3.76. The Morgan fingerprint density at radius 1 is 0.955 bits per heavy atom. The fourth-order valence-corrected chi connectivity index (χ4v) is 4.63. The maximum atomic E-state index is 5.90. The van der Waals surface area contributed by atoms with Gasteiger partial charge < -0.3 is 9.47 Å². The van der Waals surface area contributed by atoms with E-state index in [1.165, 1.54) is 44.3 Å². The Bertz CT molecular complexity index is 467. The van der Waals surface area contributed by atoms with Crippen LogP contribution in [0.15, 0.2) is 30.3 Å². The maximum Gasteiger partial charge on any atom is 0.168 e. The van der Waals surface area contributed by atoms with Gasteiger partial charge in [-0.2, -0.15) is 0 Å². The molecule has 2 saturated heterocycles. The van der Waals surface area contributed by atoms with Crippen LogP contribution in [0.2, 0.25) is 0 Å². The van der Waals surface area contributed by atoms with Crippen molar-refractivity contribution in [3.63, 3.8) is 0 Å². The minimum absolute atomic E-state index is 0.233. The summed E-state index contributed by atoms with van der Waals surface area (Å²) in [5.41, 5.74) is 1.50. The molecule has 3 nitrogen and oxygen atoms in total. The van der Waals surface area contributed by atoms with Crippen molar-refractivity contribution in [2.45, 2.75) is 50.4 Å². The van der Waals surface area contributed by atoms with Crippen LogP contribution in [0.4, 0.5) is 0 Å². The van der Waals surface area contributed by atoms with E-state index in [1.54, 1.807) is 0 Å². The van der Waals surface area contributed by atoms with Crippen molar-refractivity contribution in [2.75, 3.05) is 26.3 Å². The topological polar surface area (TPSA) is 21.7 Å². The lowest BCUT2D eigenvalue weighted by atomic mass is 9.78. The Morgan fingerprint density at radius 2 is 1.59 bits per heavy atom. The summed E-state index contributed by atoms with van der Waals surface area (Å²) in [6.07, 6.45) is 7.27. The third kappa shape index (κ3) is 2.82. The van der Waals surface area contributed by atoms with Gasteiger partial charge in [0.25, 0.3) is 0 Å². The van der Waals surface area contributed by atoms with Gasteiger partial charge in [-0.3, -0.25) is 4.90 Å². The number of likely N-dealkylation sites (tertiary alicyclic amines) is 1. The molecule has 22 heavy (non-hydrogen) atoms. The van der Waals surface area contributed by atoms with Gasteiger partial charge in [-0.1, -0.05) is 30.3 Å². The molecule has 0 bridgehead atoms. The predicted molar refractivity (Wildman–Crippen MR) is 86.6 cm³/mol. The third-order valence-corrected chi connectivity index (χ3v) is 5.73. The largest absolute Gasteiger partial charge is 0.348 e. The van der Waals surface area contributed by atoms with Gasteiger partial charge in [0.15, 0.2) is 5.79 Å². The lowest BCUT2D eigenvalue weighted by Crippen LogP contribution is -2.40. The Hall–Kier alpha value is -0.900. The van der Waals surface area contributed by atoms with Gasteiger partial charge in [0, 0.05) is 18.9 Å². The Morgan fingerprint density at radius 3 is 2.23 bits per heavy atom. The molecule has 1 atom stereocenters. The van der Waals surface area contributed by atoms with Gasteiger partial charge in [-0.15, -0.1) is 0 Å². The van der Waals surface area contributed by atoms with E-state index >= 15 is 0 Å². The first-order chi connectivity index (χ1) is 10.9. The number of hydrogen-bond acceptors (Lipinski definition) is 3. The van der Waals surface area contributed by atoms with E-state index in [1.807, 2.05) is 0 Å². The molecule has 2 heterocycles. The van der Waals surface area contributed by atoms with Crippen LogP contribution in [0, 0.1) is 5.92 Å². The Balaban J connectivity index is 1.51. The highest BCUT2D eigenvalue weighted by Crippen LogP contribution is 2.45. The second-order valence-electron chi connectivity index (χ2n) is 7.04. The van der Waals surface area contributed by atoms with Crippen molar-refractivity contribution >= 4 is 0 Å². The van der Waals surface area contributed by atoms with E-state index in [2.05, 4.69) is 35.2 Å². The standard InChI is InChI=1S/C19H27NO2/c1-2-6-16(7-3-1)18(20-12-4-5-13-20)17-8-10-19(11-9-17)21-14-15-22-19/h1-3,6-7,17-18H,4-5,8-15H2. The highest BCUT2D eigenvalue weighted by atomic mass is 16.7. The third-order valence-electron chi connectivity index (χ3n) is 5.73. The summed E-state index contributed by atoms with van der Waals surface area (Å²) in [6, 6.07) is 11.7. The summed E-state index contributed by atoms with van der Waals surface area (Å²) in [5.74, 6) is 0.502. The summed E-state index contributed by atoms with van der Waals surface area (Å²) in [4.78, 5) is 2.72. The zero-order chi connectivity index (χ0) is 14.8. The van der Waals surface area contributed by atoms with Crippen LogP contribution in [0.5, 0.6) is 0 Å². The van der Waals surface area contributed by atoms with Crippen LogP contribution < -0.4 is 0 Å². The Kier molecular flexibility index (Phi) is 4.21. The molecule has 0 aromatic heterocycles. The molecule has 120 valence electrons. The molecule has 2 aliphatic heterocycles. The maximum absolute atomic E-state index is 5.90. The molecule has 1 aromatic rings. The van der Waals surface area contributed by atoms with Gasteiger partial charge in [-0.25, -0.2) is 0 Å². The normalized spacial score (nSPS) is 27.5. The number of nitrogens with zero attached hydrogens (tertiary/aromatic N) is 1. The molecule has 1 aromatic carbocycles.